The zero-order valence-electron chi connectivity index (χ0n) is 13.8. The van der Waals surface area contributed by atoms with Crippen molar-refractivity contribution in [3.05, 3.63) is 0 Å². The van der Waals surface area contributed by atoms with Crippen LogP contribution in [0.4, 0.5) is 0 Å². The zero-order chi connectivity index (χ0) is 15.1. The third-order valence-corrected chi connectivity index (χ3v) is 3.07. The zero-order valence-corrected chi connectivity index (χ0v) is 13.8. The van der Waals surface area contributed by atoms with Crippen LogP contribution < -0.4 is 0 Å². The van der Waals surface area contributed by atoms with Crippen LogP contribution in [0.5, 0.6) is 0 Å². The van der Waals surface area contributed by atoms with Gasteiger partial charge in [0.2, 0.25) is 0 Å². The molecule has 0 N–H and O–H groups in total. The van der Waals surface area contributed by atoms with Crippen molar-refractivity contribution in [3.8, 4) is 0 Å². The van der Waals surface area contributed by atoms with E-state index in [4.69, 9.17) is 9.47 Å². The van der Waals surface area contributed by atoms with E-state index >= 15 is 0 Å². The Balaban J connectivity index is 3.33. The van der Waals surface area contributed by atoms with Crippen LogP contribution in [0.3, 0.4) is 0 Å². The van der Waals surface area contributed by atoms with Gasteiger partial charge in [-0.05, 0) is 39.5 Å². The van der Waals surface area contributed by atoms with Crippen molar-refractivity contribution >= 4 is 11.4 Å². The lowest BCUT2D eigenvalue weighted by molar-refractivity contribution is 0.0464. The summed E-state index contributed by atoms with van der Waals surface area (Å²) < 4.78 is 10.9. The van der Waals surface area contributed by atoms with Gasteiger partial charge in [-0.2, -0.15) is 0 Å². The summed E-state index contributed by atoms with van der Waals surface area (Å²) >= 11 is 0. The Labute approximate surface area is 124 Å². The summed E-state index contributed by atoms with van der Waals surface area (Å²) in [5.74, 6) is 0. The highest BCUT2D eigenvalue weighted by Crippen LogP contribution is 1.97. The molecule has 4 heteroatoms. The van der Waals surface area contributed by atoms with Gasteiger partial charge in [0.1, 0.15) is 0 Å². The highest BCUT2D eigenvalue weighted by atomic mass is 16.5. The first-order valence-electron chi connectivity index (χ1n) is 7.78. The summed E-state index contributed by atoms with van der Waals surface area (Å²) in [6.45, 7) is 10.2. The van der Waals surface area contributed by atoms with E-state index in [1.807, 2.05) is 7.05 Å². The number of rotatable bonds is 13. The number of ether oxygens (including phenoxy) is 2. The van der Waals surface area contributed by atoms with Crippen molar-refractivity contribution in [2.45, 2.75) is 52.9 Å². The van der Waals surface area contributed by atoms with Crippen LogP contribution >= 0.6 is 0 Å². The average Bonchev–Trinajstić information content (AvgIpc) is 2.46. The number of aliphatic imine (C=N–C) groups is 2. The molecule has 118 valence electrons. The Morgan fingerprint density at radius 3 is 2.05 bits per heavy atom. The number of nitrogens with zero attached hydrogens (tertiary/aromatic N) is 2. The van der Waals surface area contributed by atoms with Crippen molar-refractivity contribution in [2.24, 2.45) is 9.98 Å². The average molecular weight is 284 g/mol. The smallest absolute Gasteiger partial charge is 0.0700 e. The topological polar surface area (TPSA) is 43.2 Å². The lowest BCUT2D eigenvalue weighted by Crippen LogP contribution is -2.07. The van der Waals surface area contributed by atoms with E-state index in [1.165, 1.54) is 17.8 Å². The molecule has 0 spiro atoms. The summed E-state index contributed by atoms with van der Waals surface area (Å²) in [5.41, 5.74) is 2.39. The highest BCUT2D eigenvalue weighted by molar-refractivity contribution is 5.89. The van der Waals surface area contributed by atoms with E-state index in [0.717, 1.165) is 45.4 Å². The standard InChI is InChI=1S/C16H32N2O2/c1-5-6-11-19-13-14-20-12-7-10-18-16(3)9-8-15(2)17-4/h5-14H2,1-4H3. The Hall–Kier alpha value is -0.740. The van der Waals surface area contributed by atoms with Crippen molar-refractivity contribution in [2.75, 3.05) is 40.0 Å². The molecule has 0 aliphatic carbocycles. The Bertz CT molecular complexity index is 276. The summed E-state index contributed by atoms with van der Waals surface area (Å²) in [5, 5.41) is 0. The maximum atomic E-state index is 5.50. The van der Waals surface area contributed by atoms with E-state index in [2.05, 4.69) is 30.8 Å². The predicted octanol–water partition coefficient (Wildman–Crippen LogP) is 3.54. The van der Waals surface area contributed by atoms with E-state index in [9.17, 15) is 0 Å². The molecule has 0 fully saturated rings. The third kappa shape index (κ3) is 13.7. The van der Waals surface area contributed by atoms with Crippen molar-refractivity contribution in [3.63, 3.8) is 0 Å². The van der Waals surface area contributed by atoms with Gasteiger partial charge in [0.25, 0.3) is 0 Å². The SMILES string of the molecule is CCCCOCCOCCCN=C(C)CCC(C)=NC. The molecule has 0 heterocycles. The summed E-state index contributed by atoms with van der Waals surface area (Å²) in [6, 6.07) is 0. The summed E-state index contributed by atoms with van der Waals surface area (Å²) in [6.07, 6.45) is 5.32. The minimum absolute atomic E-state index is 0.693. The molecule has 0 radical (unpaired) electrons. The van der Waals surface area contributed by atoms with E-state index in [0.29, 0.717) is 13.2 Å². The first-order chi connectivity index (χ1) is 9.70. The molecular weight excluding hydrogens is 252 g/mol. The quantitative estimate of drug-likeness (QED) is 0.383. The molecule has 0 amide bonds. The Morgan fingerprint density at radius 1 is 0.850 bits per heavy atom. The minimum Gasteiger partial charge on any atom is -0.379 e. The third-order valence-electron chi connectivity index (χ3n) is 3.07. The number of hydrogen-bond acceptors (Lipinski definition) is 4. The van der Waals surface area contributed by atoms with Crippen LogP contribution in [0.2, 0.25) is 0 Å². The van der Waals surface area contributed by atoms with Crippen LogP contribution in [0, 0.1) is 0 Å². The monoisotopic (exact) mass is 284 g/mol. The van der Waals surface area contributed by atoms with Crippen molar-refractivity contribution in [1.82, 2.24) is 0 Å². The second kappa shape index (κ2) is 14.7. The lowest BCUT2D eigenvalue weighted by atomic mass is 10.2. The molecule has 4 nitrogen and oxygen atoms in total. The normalized spacial score (nSPS) is 13.0. The summed E-state index contributed by atoms with van der Waals surface area (Å²) in [7, 11) is 1.84. The van der Waals surface area contributed by atoms with Gasteiger partial charge >= 0.3 is 0 Å². The van der Waals surface area contributed by atoms with E-state index in [1.54, 1.807) is 0 Å². The maximum Gasteiger partial charge on any atom is 0.0700 e. The van der Waals surface area contributed by atoms with E-state index in [-0.39, 0.29) is 0 Å². The van der Waals surface area contributed by atoms with E-state index < -0.39 is 0 Å². The van der Waals surface area contributed by atoms with Gasteiger partial charge in [-0.3, -0.25) is 9.98 Å². The number of hydrogen-bond donors (Lipinski definition) is 0. The second-order valence-electron chi connectivity index (χ2n) is 5.01. The molecule has 0 aliphatic rings. The molecule has 20 heavy (non-hydrogen) atoms. The fourth-order valence-electron chi connectivity index (χ4n) is 1.56. The summed E-state index contributed by atoms with van der Waals surface area (Å²) in [4.78, 5) is 8.69. The first kappa shape index (κ1) is 19.3. The molecule has 0 aromatic heterocycles. The maximum absolute atomic E-state index is 5.50. The molecule has 0 unspecified atom stereocenters. The molecule has 0 aromatic rings. The minimum atomic E-state index is 0.693. The van der Waals surface area contributed by atoms with Gasteiger partial charge in [-0.25, -0.2) is 0 Å². The molecular formula is C16H32N2O2. The van der Waals surface area contributed by atoms with Gasteiger partial charge in [0.15, 0.2) is 0 Å². The van der Waals surface area contributed by atoms with Gasteiger partial charge in [0.05, 0.1) is 13.2 Å². The molecule has 0 saturated carbocycles. The van der Waals surface area contributed by atoms with Gasteiger partial charge in [0, 0.05) is 38.2 Å². The molecule has 0 aliphatic heterocycles. The van der Waals surface area contributed by atoms with Gasteiger partial charge in [-0.15, -0.1) is 0 Å². The fraction of sp³-hybridized carbons (Fsp3) is 0.875. The van der Waals surface area contributed by atoms with Crippen LogP contribution in [-0.2, 0) is 9.47 Å². The Kier molecular flexibility index (Phi) is 14.1. The lowest BCUT2D eigenvalue weighted by Gasteiger charge is -2.05. The first-order valence-corrected chi connectivity index (χ1v) is 7.78. The molecule has 0 saturated heterocycles. The van der Waals surface area contributed by atoms with Crippen molar-refractivity contribution in [1.29, 1.82) is 0 Å². The molecule has 0 aromatic carbocycles. The molecule has 0 bridgehead atoms. The highest BCUT2D eigenvalue weighted by Gasteiger charge is 1.95. The van der Waals surface area contributed by atoms with Gasteiger partial charge in [-0.1, -0.05) is 13.3 Å². The van der Waals surface area contributed by atoms with Crippen LogP contribution in [0.25, 0.3) is 0 Å². The van der Waals surface area contributed by atoms with Crippen molar-refractivity contribution < 1.29 is 9.47 Å². The largest absolute Gasteiger partial charge is 0.379 e. The van der Waals surface area contributed by atoms with Gasteiger partial charge < -0.3 is 9.47 Å². The Morgan fingerprint density at radius 2 is 1.45 bits per heavy atom. The fourth-order valence-corrected chi connectivity index (χ4v) is 1.56. The van der Waals surface area contributed by atoms with Crippen LogP contribution in [-0.4, -0.2) is 51.4 Å². The molecule has 0 rings (SSSR count). The van der Waals surface area contributed by atoms with Crippen LogP contribution in [0.1, 0.15) is 52.9 Å². The van der Waals surface area contributed by atoms with Crippen LogP contribution in [0.15, 0.2) is 9.98 Å². The second-order valence-corrected chi connectivity index (χ2v) is 5.01. The predicted molar refractivity (Wildman–Crippen MR) is 87.4 cm³/mol. The number of unbranched alkanes of at least 4 members (excludes halogenated alkanes) is 1. The molecule has 0 atom stereocenters.